The van der Waals surface area contributed by atoms with Gasteiger partial charge in [0.15, 0.2) is 0 Å². The molecule has 2 heterocycles. The first-order valence-electron chi connectivity index (χ1n) is 8.40. The summed E-state index contributed by atoms with van der Waals surface area (Å²) in [5.41, 5.74) is 7.03. The van der Waals surface area contributed by atoms with Crippen molar-refractivity contribution in [2.75, 3.05) is 6.54 Å². The Morgan fingerprint density at radius 3 is 2.58 bits per heavy atom. The second-order valence-corrected chi connectivity index (χ2v) is 6.87. The summed E-state index contributed by atoms with van der Waals surface area (Å²) < 4.78 is 0. The molecule has 2 atom stereocenters. The summed E-state index contributed by atoms with van der Waals surface area (Å²) >= 11 is 0. The van der Waals surface area contributed by atoms with Crippen LogP contribution in [-0.2, 0) is 16.1 Å². The van der Waals surface area contributed by atoms with Gasteiger partial charge in [-0.25, -0.2) is 0 Å². The van der Waals surface area contributed by atoms with Gasteiger partial charge >= 0.3 is 0 Å². The van der Waals surface area contributed by atoms with Crippen LogP contribution in [0, 0.1) is 5.92 Å². The zero-order valence-electron chi connectivity index (χ0n) is 14.1. The van der Waals surface area contributed by atoms with Gasteiger partial charge in [0.05, 0.1) is 0 Å². The van der Waals surface area contributed by atoms with Gasteiger partial charge in [-0.3, -0.25) is 14.4 Å². The minimum atomic E-state index is -0.579. The molecule has 6 nitrogen and oxygen atoms in total. The van der Waals surface area contributed by atoms with Gasteiger partial charge in [0, 0.05) is 18.7 Å². The molecule has 2 aliphatic rings. The van der Waals surface area contributed by atoms with Crippen molar-refractivity contribution in [1.29, 1.82) is 0 Å². The molecule has 1 unspecified atom stereocenters. The fourth-order valence-corrected chi connectivity index (χ4v) is 3.78. The number of primary amides is 1. The minimum absolute atomic E-state index is 0.0510. The normalized spacial score (nSPS) is 21.3. The number of hydrogen-bond donors (Lipinski definition) is 1. The zero-order valence-corrected chi connectivity index (χ0v) is 14.1. The molecular formula is C18H23N3O3. The Hall–Kier alpha value is -2.37. The van der Waals surface area contributed by atoms with Crippen molar-refractivity contribution in [2.24, 2.45) is 11.7 Å². The number of carbonyl (C=O) groups excluding carboxylic acids is 3. The number of nitrogens with two attached hydrogens (primary N) is 1. The number of likely N-dealkylation sites (tertiary alicyclic amines) is 1. The van der Waals surface area contributed by atoms with Gasteiger partial charge in [0.25, 0.3) is 5.91 Å². The molecular weight excluding hydrogens is 306 g/mol. The molecule has 2 aliphatic heterocycles. The zero-order chi connectivity index (χ0) is 17.4. The molecule has 0 aliphatic carbocycles. The molecule has 0 spiro atoms. The van der Waals surface area contributed by atoms with Crippen LogP contribution in [0.15, 0.2) is 24.3 Å². The van der Waals surface area contributed by atoms with Gasteiger partial charge in [0.2, 0.25) is 11.8 Å². The molecule has 128 valence electrons. The summed E-state index contributed by atoms with van der Waals surface area (Å²) in [6.07, 6.45) is 1.36. The Labute approximate surface area is 141 Å². The van der Waals surface area contributed by atoms with Crippen LogP contribution >= 0.6 is 0 Å². The van der Waals surface area contributed by atoms with Gasteiger partial charge in [0.1, 0.15) is 12.1 Å². The summed E-state index contributed by atoms with van der Waals surface area (Å²) in [6.45, 7) is 4.80. The maximum absolute atomic E-state index is 13.1. The fourth-order valence-electron chi connectivity index (χ4n) is 3.78. The third-order valence-electron chi connectivity index (χ3n) is 4.93. The number of rotatable bonds is 4. The first kappa shape index (κ1) is 16.5. The summed E-state index contributed by atoms with van der Waals surface area (Å²) in [5, 5.41) is 0. The Morgan fingerprint density at radius 2 is 1.96 bits per heavy atom. The minimum Gasteiger partial charge on any atom is -0.368 e. The highest BCUT2D eigenvalue weighted by Gasteiger charge is 2.43. The van der Waals surface area contributed by atoms with Gasteiger partial charge in [-0.1, -0.05) is 32.0 Å². The van der Waals surface area contributed by atoms with Crippen LogP contribution in [0.25, 0.3) is 0 Å². The van der Waals surface area contributed by atoms with Crippen LogP contribution in [0.5, 0.6) is 0 Å². The van der Waals surface area contributed by atoms with Gasteiger partial charge in [-0.05, 0) is 30.4 Å². The molecule has 0 radical (unpaired) electrons. The van der Waals surface area contributed by atoms with Crippen molar-refractivity contribution in [2.45, 2.75) is 45.3 Å². The van der Waals surface area contributed by atoms with Crippen LogP contribution < -0.4 is 5.73 Å². The molecule has 0 aromatic heterocycles. The molecule has 1 saturated heterocycles. The van der Waals surface area contributed by atoms with Crippen molar-refractivity contribution in [1.82, 2.24) is 9.80 Å². The molecule has 6 heteroatoms. The first-order valence-corrected chi connectivity index (χ1v) is 8.40. The van der Waals surface area contributed by atoms with E-state index < -0.39 is 18.0 Å². The summed E-state index contributed by atoms with van der Waals surface area (Å²) in [5.74, 6) is -0.816. The molecule has 1 aromatic carbocycles. The van der Waals surface area contributed by atoms with E-state index in [-0.39, 0.29) is 17.7 Å². The second-order valence-electron chi connectivity index (χ2n) is 6.87. The van der Waals surface area contributed by atoms with E-state index in [0.29, 0.717) is 25.1 Å². The number of nitrogens with zero attached hydrogens (tertiary/aromatic N) is 2. The third-order valence-corrected chi connectivity index (χ3v) is 4.93. The molecule has 0 bridgehead atoms. The monoisotopic (exact) mass is 329 g/mol. The predicted octanol–water partition coefficient (Wildman–Crippen LogP) is 1.14. The largest absolute Gasteiger partial charge is 0.368 e. The predicted molar refractivity (Wildman–Crippen MR) is 88.9 cm³/mol. The summed E-state index contributed by atoms with van der Waals surface area (Å²) in [6, 6.07) is 6.30. The summed E-state index contributed by atoms with van der Waals surface area (Å²) in [7, 11) is 0. The Balaban J connectivity index is 1.88. The van der Waals surface area contributed by atoms with Crippen molar-refractivity contribution < 1.29 is 14.4 Å². The van der Waals surface area contributed by atoms with Gasteiger partial charge < -0.3 is 15.5 Å². The lowest BCUT2D eigenvalue weighted by molar-refractivity contribution is -0.142. The van der Waals surface area contributed by atoms with Crippen LogP contribution in [0.2, 0.25) is 0 Å². The lowest BCUT2D eigenvalue weighted by Crippen LogP contribution is -2.54. The lowest BCUT2D eigenvalue weighted by Gasteiger charge is -2.34. The highest BCUT2D eigenvalue weighted by molar-refractivity contribution is 6.01. The Morgan fingerprint density at radius 1 is 1.25 bits per heavy atom. The Kier molecular flexibility index (Phi) is 4.30. The van der Waals surface area contributed by atoms with Crippen LogP contribution in [0.3, 0.4) is 0 Å². The summed E-state index contributed by atoms with van der Waals surface area (Å²) in [4.78, 5) is 40.7. The topological polar surface area (TPSA) is 83.7 Å². The van der Waals surface area contributed by atoms with Gasteiger partial charge in [-0.2, -0.15) is 0 Å². The molecule has 0 saturated carbocycles. The average Bonchev–Trinajstić information content (AvgIpc) is 3.14. The van der Waals surface area contributed by atoms with Crippen molar-refractivity contribution in [3.63, 3.8) is 0 Å². The molecule has 3 amide bonds. The van der Waals surface area contributed by atoms with E-state index in [9.17, 15) is 14.4 Å². The highest BCUT2D eigenvalue weighted by atomic mass is 16.2. The maximum Gasteiger partial charge on any atom is 0.255 e. The molecule has 2 N–H and O–H groups in total. The van der Waals surface area contributed by atoms with Crippen molar-refractivity contribution >= 4 is 17.7 Å². The Bertz CT molecular complexity index is 686. The molecule has 3 rings (SSSR count). The quantitative estimate of drug-likeness (QED) is 0.899. The van der Waals surface area contributed by atoms with E-state index in [2.05, 4.69) is 0 Å². The van der Waals surface area contributed by atoms with Crippen molar-refractivity contribution in [3.05, 3.63) is 35.4 Å². The third kappa shape index (κ3) is 2.66. The molecule has 24 heavy (non-hydrogen) atoms. The van der Waals surface area contributed by atoms with Crippen molar-refractivity contribution in [3.8, 4) is 0 Å². The average molecular weight is 329 g/mol. The number of amides is 3. The van der Waals surface area contributed by atoms with E-state index in [1.54, 1.807) is 15.9 Å². The molecule has 1 fully saturated rings. The molecule has 1 aromatic rings. The van der Waals surface area contributed by atoms with Crippen LogP contribution in [0.4, 0.5) is 0 Å². The van der Waals surface area contributed by atoms with E-state index in [1.807, 2.05) is 32.0 Å². The number of hydrogen-bond acceptors (Lipinski definition) is 3. The van der Waals surface area contributed by atoms with Gasteiger partial charge in [-0.15, -0.1) is 0 Å². The van der Waals surface area contributed by atoms with E-state index in [1.165, 1.54) is 0 Å². The smallest absolute Gasteiger partial charge is 0.255 e. The number of fused-ring (bicyclic) bond motifs is 1. The number of benzene rings is 1. The SMILES string of the molecule is CC(C)[C@@H](C(=O)N1CCCC1C(N)=O)N1Cc2ccccc2C1=O. The lowest BCUT2D eigenvalue weighted by atomic mass is 10.0. The second kappa shape index (κ2) is 6.26. The first-order chi connectivity index (χ1) is 11.4. The number of carbonyl (C=O) groups is 3. The van der Waals surface area contributed by atoms with Crippen LogP contribution in [0.1, 0.15) is 42.6 Å². The van der Waals surface area contributed by atoms with E-state index in [4.69, 9.17) is 5.73 Å². The standard InChI is InChI=1S/C18H23N3O3/c1-11(2)15(18(24)20-9-5-8-14(20)16(19)22)21-10-12-6-3-4-7-13(12)17(21)23/h3-4,6-7,11,14-15H,5,8-10H2,1-2H3,(H2,19,22)/t14?,15-/m0/s1. The fraction of sp³-hybridized carbons (Fsp3) is 0.500. The van der Waals surface area contributed by atoms with E-state index in [0.717, 1.165) is 12.0 Å². The highest BCUT2D eigenvalue weighted by Crippen LogP contribution is 2.29. The maximum atomic E-state index is 13.1. The van der Waals surface area contributed by atoms with E-state index >= 15 is 0 Å². The van der Waals surface area contributed by atoms with Crippen LogP contribution in [-0.4, -0.2) is 46.1 Å².